The summed E-state index contributed by atoms with van der Waals surface area (Å²) >= 11 is 1.66. The van der Waals surface area contributed by atoms with Crippen LogP contribution in [0.1, 0.15) is 28.1 Å². The van der Waals surface area contributed by atoms with Crippen molar-refractivity contribution in [3.05, 3.63) is 21.9 Å². The van der Waals surface area contributed by atoms with Gasteiger partial charge in [-0.15, -0.1) is 11.3 Å². The van der Waals surface area contributed by atoms with Gasteiger partial charge in [0, 0.05) is 16.4 Å². The highest BCUT2D eigenvalue weighted by Gasteiger charge is 2.31. The van der Waals surface area contributed by atoms with Gasteiger partial charge in [0.15, 0.2) is 5.78 Å². The van der Waals surface area contributed by atoms with Crippen LogP contribution < -0.4 is 0 Å². The van der Waals surface area contributed by atoms with E-state index in [4.69, 9.17) is 0 Å². The molecule has 0 atom stereocenters. The van der Waals surface area contributed by atoms with Crippen LogP contribution in [-0.2, 0) is 0 Å². The van der Waals surface area contributed by atoms with Crippen molar-refractivity contribution >= 4 is 17.1 Å². The Morgan fingerprint density at radius 1 is 1.64 bits per heavy atom. The normalized spacial score (nSPS) is 16.8. The highest BCUT2D eigenvalue weighted by Crippen LogP contribution is 2.34. The second kappa shape index (κ2) is 2.45. The van der Waals surface area contributed by atoms with Crippen molar-refractivity contribution in [3.63, 3.8) is 0 Å². The van der Waals surface area contributed by atoms with Gasteiger partial charge in [-0.3, -0.25) is 4.79 Å². The first kappa shape index (κ1) is 7.04. The van der Waals surface area contributed by atoms with Gasteiger partial charge in [-0.05, 0) is 31.2 Å². The maximum Gasteiger partial charge on any atom is 0.167 e. The minimum absolute atomic E-state index is 0.364. The molecule has 0 N–H and O–H groups in total. The van der Waals surface area contributed by atoms with Crippen molar-refractivity contribution in [3.8, 4) is 0 Å². The summed E-state index contributed by atoms with van der Waals surface area (Å²) in [5.41, 5.74) is 0.956. The van der Waals surface area contributed by atoms with Crippen molar-refractivity contribution in [1.82, 2.24) is 0 Å². The standard InChI is InChI=1S/C9H10OS/c1-6-8(4-5-11-6)9(10)7-2-3-7/h4-5,7H,2-3H2,1H3. The first-order chi connectivity index (χ1) is 5.29. The summed E-state index contributed by atoms with van der Waals surface area (Å²) < 4.78 is 0. The highest BCUT2D eigenvalue weighted by molar-refractivity contribution is 7.10. The van der Waals surface area contributed by atoms with Crippen LogP contribution in [0.3, 0.4) is 0 Å². The van der Waals surface area contributed by atoms with Crippen molar-refractivity contribution in [2.75, 3.05) is 0 Å². The molecule has 1 saturated carbocycles. The van der Waals surface area contributed by atoms with Crippen LogP contribution in [0.4, 0.5) is 0 Å². The van der Waals surface area contributed by atoms with Crippen molar-refractivity contribution in [2.45, 2.75) is 19.8 Å². The van der Waals surface area contributed by atoms with Crippen LogP contribution in [0.5, 0.6) is 0 Å². The molecule has 0 spiro atoms. The lowest BCUT2D eigenvalue weighted by molar-refractivity contribution is 0.0967. The molecule has 2 rings (SSSR count). The summed E-state index contributed by atoms with van der Waals surface area (Å²) in [6, 6.07) is 1.95. The van der Waals surface area contributed by atoms with E-state index in [1.807, 2.05) is 18.4 Å². The predicted molar refractivity (Wildman–Crippen MR) is 46.1 cm³/mol. The molecule has 58 valence electrons. The van der Waals surface area contributed by atoms with Crippen LogP contribution in [0.25, 0.3) is 0 Å². The Labute approximate surface area is 70.1 Å². The molecular weight excluding hydrogens is 156 g/mol. The summed E-state index contributed by atoms with van der Waals surface area (Å²) in [6.45, 7) is 2.01. The number of ketones is 1. The minimum atomic E-state index is 0.364. The number of hydrogen-bond donors (Lipinski definition) is 0. The van der Waals surface area contributed by atoms with Gasteiger partial charge in [-0.25, -0.2) is 0 Å². The molecule has 1 fully saturated rings. The Kier molecular flexibility index (Phi) is 1.57. The lowest BCUT2D eigenvalue weighted by Gasteiger charge is -1.94. The number of carbonyl (C=O) groups excluding carboxylic acids is 1. The van der Waals surface area contributed by atoms with E-state index in [2.05, 4.69) is 0 Å². The van der Waals surface area contributed by atoms with E-state index < -0.39 is 0 Å². The molecule has 1 aliphatic rings. The molecule has 1 nitrogen and oxygen atoms in total. The smallest absolute Gasteiger partial charge is 0.167 e. The SMILES string of the molecule is Cc1sccc1C(=O)C1CC1. The summed E-state index contributed by atoms with van der Waals surface area (Å²) in [4.78, 5) is 12.7. The van der Waals surface area contributed by atoms with E-state index >= 15 is 0 Å². The van der Waals surface area contributed by atoms with Crippen molar-refractivity contribution < 1.29 is 4.79 Å². The minimum Gasteiger partial charge on any atom is -0.294 e. The largest absolute Gasteiger partial charge is 0.294 e. The van der Waals surface area contributed by atoms with Crippen molar-refractivity contribution in [1.29, 1.82) is 0 Å². The number of carbonyl (C=O) groups is 1. The predicted octanol–water partition coefficient (Wildman–Crippen LogP) is 2.65. The number of hydrogen-bond acceptors (Lipinski definition) is 2. The second-order valence-electron chi connectivity index (χ2n) is 3.03. The fourth-order valence-electron chi connectivity index (χ4n) is 1.21. The van der Waals surface area contributed by atoms with Crippen LogP contribution in [-0.4, -0.2) is 5.78 Å². The summed E-state index contributed by atoms with van der Waals surface area (Å²) in [7, 11) is 0. The summed E-state index contributed by atoms with van der Waals surface area (Å²) in [5, 5.41) is 1.99. The van der Waals surface area contributed by atoms with Gasteiger partial charge in [0.1, 0.15) is 0 Å². The van der Waals surface area contributed by atoms with Gasteiger partial charge < -0.3 is 0 Å². The van der Waals surface area contributed by atoms with E-state index in [-0.39, 0.29) is 0 Å². The second-order valence-corrected chi connectivity index (χ2v) is 4.15. The third-order valence-corrected chi connectivity index (χ3v) is 2.92. The summed E-state index contributed by atoms with van der Waals surface area (Å²) in [5.74, 6) is 0.729. The van der Waals surface area contributed by atoms with E-state index in [0.29, 0.717) is 11.7 Å². The average molecular weight is 166 g/mol. The van der Waals surface area contributed by atoms with Crippen LogP contribution in [0, 0.1) is 12.8 Å². The molecule has 0 aromatic carbocycles. The van der Waals surface area contributed by atoms with Gasteiger partial charge in [0.25, 0.3) is 0 Å². The average Bonchev–Trinajstić information content (AvgIpc) is 2.74. The zero-order chi connectivity index (χ0) is 7.84. The first-order valence-electron chi connectivity index (χ1n) is 3.87. The lowest BCUT2D eigenvalue weighted by Crippen LogP contribution is -2.00. The van der Waals surface area contributed by atoms with Gasteiger partial charge in [-0.1, -0.05) is 0 Å². The number of aryl methyl sites for hydroxylation is 1. The third-order valence-electron chi connectivity index (χ3n) is 2.07. The fraction of sp³-hybridized carbons (Fsp3) is 0.444. The third kappa shape index (κ3) is 1.23. The molecule has 1 aliphatic carbocycles. The Morgan fingerprint density at radius 3 is 2.82 bits per heavy atom. The maximum atomic E-state index is 11.5. The van der Waals surface area contributed by atoms with E-state index in [9.17, 15) is 4.79 Å². The quantitative estimate of drug-likeness (QED) is 0.617. The molecule has 1 aromatic rings. The zero-order valence-electron chi connectivity index (χ0n) is 6.46. The lowest BCUT2D eigenvalue weighted by atomic mass is 10.1. The number of Topliss-reactive ketones (excluding diaryl/α,β-unsaturated/α-hetero) is 1. The van der Waals surface area contributed by atoms with E-state index in [1.165, 1.54) is 4.88 Å². The Hall–Kier alpha value is -0.630. The van der Waals surface area contributed by atoms with Crippen LogP contribution in [0.15, 0.2) is 11.4 Å². The van der Waals surface area contributed by atoms with Gasteiger partial charge >= 0.3 is 0 Å². The molecule has 1 heterocycles. The molecule has 11 heavy (non-hydrogen) atoms. The molecule has 0 bridgehead atoms. The van der Waals surface area contributed by atoms with Crippen LogP contribution in [0.2, 0.25) is 0 Å². The molecule has 0 unspecified atom stereocenters. The molecule has 0 amide bonds. The van der Waals surface area contributed by atoms with Gasteiger partial charge in [-0.2, -0.15) is 0 Å². The van der Waals surface area contributed by atoms with E-state index in [0.717, 1.165) is 18.4 Å². The molecule has 2 heteroatoms. The molecular formula is C9H10OS. The Morgan fingerprint density at radius 2 is 2.36 bits per heavy atom. The number of rotatable bonds is 2. The summed E-state index contributed by atoms with van der Waals surface area (Å²) in [6.07, 6.45) is 2.21. The van der Waals surface area contributed by atoms with Gasteiger partial charge in [0.2, 0.25) is 0 Å². The first-order valence-corrected chi connectivity index (χ1v) is 4.75. The maximum absolute atomic E-state index is 11.5. The number of thiophene rings is 1. The van der Waals surface area contributed by atoms with E-state index in [1.54, 1.807) is 11.3 Å². The Bertz CT molecular complexity index is 284. The molecule has 1 aromatic heterocycles. The van der Waals surface area contributed by atoms with Crippen LogP contribution >= 0.6 is 11.3 Å². The van der Waals surface area contributed by atoms with Crippen molar-refractivity contribution in [2.24, 2.45) is 5.92 Å². The zero-order valence-corrected chi connectivity index (χ0v) is 7.28. The Balaban J connectivity index is 2.27. The monoisotopic (exact) mass is 166 g/mol. The highest BCUT2D eigenvalue weighted by atomic mass is 32.1. The topological polar surface area (TPSA) is 17.1 Å². The molecule has 0 radical (unpaired) electrons. The molecule has 0 aliphatic heterocycles. The molecule has 0 saturated heterocycles. The fourth-order valence-corrected chi connectivity index (χ4v) is 1.91. The van der Waals surface area contributed by atoms with Gasteiger partial charge in [0.05, 0.1) is 0 Å².